The Morgan fingerprint density at radius 1 is 1.27 bits per heavy atom. The SMILES string of the molecule is CC(C)CNC(=O)CN1CCN(c2ccc(F)c(F)c2)C1=O. The maximum absolute atomic E-state index is 13.3. The fourth-order valence-corrected chi connectivity index (χ4v) is 2.17. The number of rotatable bonds is 5. The zero-order valence-electron chi connectivity index (χ0n) is 12.6. The topological polar surface area (TPSA) is 52.7 Å². The average Bonchev–Trinajstić information content (AvgIpc) is 2.81. The minimum absolute atomic E-state index is 0.0360. The summed E-state index contributed by atoms with van der Waals surface area (Å²) < 4.78 is 26.2. The molecular weight excluding hydrogens is 292 g/mol. The molecule has 3 amide bonds. The van der Waals surface area contributed by atoms with Crippen LogP contribution in [0.1, 0.15) is 13.8 Å². The molecule has 120 valence electrons. The summed E-state index contributed by atoms with van der Waals surface area (Å²) in [7, 11) is 0. The summed E-state index contributed by atoms with van der Waals surface area (Å²) in [5.41, 5.74) is 0.286. The van der Waals surface area contributed by atoms with E-state index in [9.17, 15) is 18.4 Å². The molecule has 0 saturated carbocycles. The summed E-state index contributed by atoms with van der Waals surface area (Å²) in [5, 5.41) is 2.74. The maximum Gasteiger partial charge on any atom is 0.325 e. The fourth-order valence-electron chi connectivity index (χ4n) is 2.17. The molecule has 1 fully saturated rings. The highest BCUT2D eigenvalue weighted by atomic mass is 19.2. The van der Waals surface area contributed by atoms with E-state index in [-0.39, 0.29) is 24.2 Å². The summed E-state index contributed by atoms with van der Waals surface area (Å²) in [5.74, 6) is -1.86. The Balaban J connectivity index is 1.97. The van der Waals surface area contributed by atoms with Crippen molar-refractivity contribution in [3.63, 3.8) is 0 Å². The average molecular weight is 311 g/mol. The third-order valence-electron chi connectivity index (χ3n) is 3.35. The Bertz CT molecular complexity index is 578. The second kappa shape index (κ2) is 6.72. The first kappa shape index (κ1) is 16.2. The van der Waals surface area contributed by atoms with E-state index in [0.29, 0.717) is 25.6 Å². The number of halogens is 2. The van der Waals surface area contributed by atoms with Gasteiger partial charge in [-0.3, -0.25) is 9.69 Å². The molecule has 0 bridgehead atoms. The smallest absolute Gasteiger partial charge is 0.325 e. The molecule has 7 heteroatoms. The van der Waals surface area contributed by atoms with E-state index < -0.39 is 11.6 Å². The van der Waals surface area contributed by atoms with Gasteiger partial charge in [-0.1, -0.05) is 13.8 Å². The molecule has 1 aliphatic heterocycles. The van der Waals surface area contributed by atoms with Gasteiger partial charge < -0.3 is 10.2 Å². The Labute approximate surface area is 127 Å². The normalized spacial score (nSPS) is 14.9. The molecule has 22 heavy (non-hydrogen) atoms. The number of carbonyl (C=O) groups excluding carboxylic acids is 2. The van der Waals surface area contributed by atoms with Crippen LogP contribution in [0.4, 0.5) is 19.3 Å². The van der Waals surface area contributed by atoms with Crippen molar-refractivity contribution in [1.29, 1.82) is 0 Å². The molecular formula is C15H19F2N3O2. The van der Waals surface area contributed by atoms with Gasteiger partial charge in [-0.05, 0) is 18.1 Å². The van der Waals surface area contributed by atoms with Gasteiger partial charge >= 0.3 is 6.03 Å². The Kier molecular flexibility index (Phi) is 4.95. The van der Waals surface area contributed by atoms with E-state index >= 15 is 0 Å². The van der Waals surface area contributed by atoms with Crippen molar-refractivity contribution in [2.75, 3.05) is 31.1 Å². The highest BCUT2D eigenvalue weighted by molar-refractivity contribution is 5.96. The van der Waals surface area contributed by atoms with Crippen LogP contribution in [-0.4, -0.2) is 43.0 Å². The van der Waals surface area contributed by atoms with Crippen molar-refractivity contribution in [3.8, 4) is 0 Å². The van der Waals surface area contributed by atoms with E-state index in [1.807, 2.05) is 13.8 Å². The first-order chi connectivity index (χ1) is 10.4. The third kappa shape index (κ3) is 3.72. The van der Waals surface area contributed by atoms with Gasteiger partial charge in [0.15, 0.2) is 11.6 Å². The Morgan fingerprint density at radius 3 is 2.64 bits per heavy atom. The standard InChI is InChI=1S/C15H19F2N3O2/c1-10(2)8-18-14(21)9-19-5-6-20(15(19)22)11-3-4-12(16)13(17)7-11/h3-4,7,10H,5-6,8-9H2,1-2H3,(H,18,21). The lowest BCUT2D eigenvalue weighted by molar-refractivity contribution is -0.121. The number of nitrogens with zero attached hydrogens (tertiary/aromatic N) is 2. The van der Waals surface area contributed by atoms with Gasteiger partial charge in [0.25, 0.3) is 0 Å². The number of benzene rings is 1. The molecule has 1 aromatic rings. The summed E-state index contributed by atoms with van der Waals surface area (Å²) in [6, 6.07) is 2.93. The minimum Gasteiger partial charge on any atom is -0.354 e. The Hall–Kier alpha value is -2.18. The highest BCUT2D eigenvalue weighted by Gasteiger charge is 2.31. The van der Waals surface area contributed by atoms with Crippen molar-refractivity contribution in [2.24, 2.45) is 5.92 Å². The zero-order valence-corrected chi connectivity index (χ0v) is 12.6. The quantitative estimate of drug-likeness (QED) is 0.904. The first-order valence-electron chi connectivity index (χ1n) is 7.16. The number of urea groups is 1. The number of amides is 3. The lowest BCUT2D eigenvalue weighted by Crippen LogP contribution is -2.40. The van der Waals surface area contributed by atoms with Crippen LogP contribution < -0.4 is 10.2 Å². The molecule has 0 unspecified atom stereocenters. The van der Waals surface area contributed by atoms with Gasteiger partial charge in [0.05, 0.1) is 0 Å². The van der Waals surface area contributed by atoms with E-state index in [4.69, 9.17) is 0 Å². The van der Waals surface area contributed by atoms with Gasteiger partial charge in [0, 0.05) is 31.4 Å². The summed E-state index contributed by atoms with van der Waals surface area (Å²) in [4.78, 5) is 26.7. The van der Waals surface area contributed by atoms with Crippen LogP contribution in [0, 0.1) is 17.6 Å². The molecule has 0 radical (unpaired) electrons. The number of carbonyl (C=O) groups is 2. The predicted octanol–water partition coefficient (Wildman–Crippen LogP) is 1.98. The monoisotopic (exact) mass is 311 g/mol. The first-order valence-corrected chi connectivity index (χ1v) is 7.16. The second-order valence-electron chi connectivity index (χ2n) is 5.65. The molecule has 1 N–H and O–H groups in total. The number of hydrogen-bond donors (Lipinski definition) is 1. The van der Waals surface area contributed by atoms with Crippen molar-refractivity contribution in [3.05, 3.63) is 29.8 Å². The van der Waals surface area contributed by atoms with Crippen LogP contribution in [0.2, 0.25) is 0 Å². The molecule has 1 saturated heterocycles. The lowest BCUT2D eigenvalue weighted by Gasteiger charge is -2.18. The Morgan fingerprint density at radius 2 is 2.00 bits per heavy atom. The zero-order chi connectivity index (χ0) is 16.3. The molecule has 0 atom stereocenters. The van der Waals surface area contributed by atoms with Crippen molar-refractivity contribution >= 4 is 17.6 Å². The van der Waals surface area contributed by atoms with Gasteiger partial charge in [-0.15, -0.1) is 0 Å². The molecule has 0 aromatic heterocycles. The maximum atomic E-state index is 13.3. The van der Waals surface area contributed by atoms with Crippen LogP contribution in [0.3, 0.4) is 0 Å². The van der Waals surface area contributed by atoms with Gasteiger partial charge in [-0.25, -0.2) is 13.6 Å². The van der Waals surface area contributed by atoms with Crippen LogP contribution in [0.5, 0.6) is 0 Å². The van der Waals surface area contributed by atoms with Crippen LogP contribution in [0.25, 0.3) is 0 Å². The van der Waals surface area contributed by atoms with E-state index in [0.717, 1.165) is 12.1 Å². The molecule has 1 heterocycles. The van der Waals surface area contributed by atoms with E-state index in [1.165, 1.54) is 15.9 Å². The molecule has 1 aromatic carbocycles. The van der Waals surface area contributed by atoms with Gasteiger partial charge in [-0.2, -0.15) is 0 Å². The highest BCUT2D eigenvalue weighted by Crippen LogP contribution is 2.22. The number of hydrogen-bond acceptors (Lipinski definition) is 2. The van der Waals surface area contributed by atoms with Crippen molar-refractivity contribution in [1.82, 2.24) is 10.2 Å². The molecule has 1 aliphatic rings. The molecule has 0 spiro atoms. The van der Waals surface area contributed by atoms with E-state index in [1.54, 1.807) is 0 Å². The van der Waals surface area contributed by atoms with Gasteiger partial charge in [0.2, 0.25) is 5.91 Å². The third-order valence-corrected chi connectivity index (χ3v) is 3.35. The van der Waals surface area contributed by atoms with Crippen molar-refractivity contribution < 1.29 is 18.4 Å². The summed E-state index contributed by atoms with van der Waals surface area (Å²) >= 11 is 0. The lowest BCUT2D eigenvalue weighted by atomic mass is 10.2. The summed E-state index contributed by atoms with van der Waals surface area (Å²) in [6.07, 6.45) is 0. The largest absolute Gasteiger partial charge is 0.354 e. The van der Waals surface area contributed by atoms with Crippen molar-refractivity contribution in [2.45, 2.75) is 13.8 Å². The number of anilines is 1. The molecule has 0 aliphatic carbocycles. The minimum atomic E-state index is -1.00. The second-order valence-corrected chi connectivity index (χ2v) is 5.65. The molecule has 5 nitrogen and oxygen atoms in total. The number of nitrogens with one attached hydrogen (secondary N) is 1. The predicted molar refractivity (Wildman–Crippen MR) is 78.5 cm³/mol. The fraction of sp³-hybridized carbons (Fsp3) is 0.467. The van der Waals surface area contributed by atoms with E-state index in [2.05, 4.69) is 5.32 Å². The van der Waals surface area contributed by atoms with Gasteiger partial charge in [0.1, 0.15) is 6.54 Å². The molecule has 2 rings (SSSR count). The van der Waals surface area contributed by atoms with Crippen LogP contribution in [-0.2, 0) is 4.79 Å². The summed E-state index contributed by atoms with van der Waals surface area (Å²) in [6.45, 7) is 5.17. The van der Waals surface area contributed by atoms with Crippen LogP contribution in [0.15, 0.2) is 18.2 Å². The van der Waals surface area contributed by atoms with Crippen LogP contribution >= 0.6 is 0 Å².